The fourth-order valence-corrected chi connectivity index (χ4v) is 4.14. The van der Waals surface area contributed by atoms with Crippen LogP contribution >= 0.6 is 0 Å². The summed E-state index contributed by atoms with van der Waals surface area (Å²) < 4.78 is 23.1. The molecule has 0 spiro atoms. The highest BCUT2D eigenvalue weighted by Gasteiger charge is 2.29. The largest absolute Gasteiger partial charge is 0.501 e. The van der Waals surface area contributed by atoms with Crippen molar-refractivity contribution in [2.45, 2.75) is 39.2 Å². The minimum atomic E-state index is -0.470. The van der Waals surface area contributed by atoms with Crippen LogP contribution in [0.5, 0.6) is 5.75 Å². The van der Waals surface area contributed by atoms with Crippen LogP contribution in [0.4, 0.5) is 10.1 Å². The smallest absolute Gasteiger partial charge is 0.272 e. The summed E-state index contributed by atoms with van der Waals surface area (Å²) in [4.78, 5) is 15.9. The monoisotopic (exact) mass is 443 g/mol. The standard InChI is InChI=1S/C25H22FN5O2/c1-5-19-17-11-14(6-9-16(17)25(32)30-29-19)18-12-28-31(4)24(18)21-22(26)13(2)10-20(23(21)27-3)33-15-7-8-15/h6,9-12,15H,5,7-8H2,1-2,4H3,(H,30,32). The molecule has 0 aliphatic heterocycles. The molecule has 0 saturated heterocycles. The molecule has 166 valence electrons. The second-order valence-corrected chi connectivity index (χ2v) is 8.30. The number of benzene rings is 2. The Labute approximate surface area is 189 Å². The first kappa shape index (κ1) is 20.9. The van der Waals surface area contributed by atoms with E-state index in [9.17, 15) is 4.79 Å². The van der Waals surface area contributed by atoms with Crippen molar-refractivity contribution in [1.29, 1.82) is 0 Å². The van der Waals surface area contributed by atoms with E-state index in [-0.39, 0.29) is 22.9 Å². The molecule has 33 heavy (non-hydrogen) atoms. The van der Waals surface area contributed by atoms with E-state index in [1.54, 1.807) is 37.0 Å². The highest BCUT2D eigenvalue weighted by atomic mass is 19.1. The number of H-pyrrole nitrogens is 1. The van der Waals surface area contributed by atoms with Crippen LogP contribution in [0.1, 0.15) is 31.0 Å². The third kappa shape index (κ3) is 3.46. The SMILES string of the molecule is [C-]#[N+]c1c(OC2CC2)cc(C)c(F)c1-c1c(-c2ccc3c(=O)[nH]nc(CC)c3c2)cnn1C. The summed E-state index contributed by atoms with van der Waals surface area (Å²) in [5.41, 5.74) is 3.13. The Balaban J connectivity index is 1.76. The Hall–Kier alpha value is -3.99. The van der Waals surface area contributed by atoms with Crippen molar-refractivity contribution in [1.82, 2.24) is 20.0 Å². The summed E-state index contributed by atoms with van der Waals surface area (Å²) in [7, 11) is 1.72. The number of hydrogen-bond donors (Lipinski definition) is 1. The molecule has 0 radical (unpaired) electrons. The average Bonchev–Trinajstić information content (AvgIpc) is 3.55. The van der Waals surface area contributed by atoms with Crippen LogP contribution in [0.25, 0.3) is 38.0 Å². The molecule has 5 rings (SSSR count). The maximum Gasteiger partial charge on any atom is 0.272 e. The van der Waals surface area contributed by atoms with Gasteiger partial charge in [0.25, 0.3) is 5.56 Å². The number of aromatic nitrogens is 4. The van der Waals surface area contributed by atoms with Gasteiger partial charge in [-0.3, -0.25) is 9.48 Å². The number of ether oxygens (including phenoxy) is 1. The van der Waals surface area contributed by atoms with Gasteiger partial charge in [0.15, 0.2) is 0 Å². The lowest BCUT2D eigenvalue weighted by Crippen LogP contribution is -2.10. The summed E-state index contributed by atoms with van der Waals surface area (Å²) >= 11 is 0. The lowest BCUT2D eigenvalue weighted by molar-refractivity contribution is 0.304. The predicted octanol–water partition coefficient (Wildman–Crippen LogP) is 5.09. The third-order valence-corrected chi connectivity index (χ3v) is 6.00. The Morgan fingerprint density at radius 1 is 1.30 bits per heavy atom. The predicted molar refractivity (Wildman–Crippen MR) is 124 cm³/mol. The van der Waals surface area contributed by atoms with Crippen molar-refractivity contribution < 1.29 is 9.13 Å². The summed E-state index contributed by atoms with van der Waals surface area (Å²) in [6, 6.07) is 7.03. The van der Waals surface area contributed by atoms with Crippen molar-refractivity contribution in [2.75, 3.05) is 0 Å². The van der Waals surface area contributed by atoms with Crippen LogP contribution in [0.3, 0.4) is 0 Å². The molecule has 0 atom stereocenters. The molecule has 2 aromatic heterocycles. The molecule has 1 aliphatic rings. The normalized spacial score (nSPS) is 13.3. The Bertz CT molecular complexity index is 1510. The van der Waals surface area contributed by atoms with E-state index in [4.69, 9.17) is 11.3 Å². The van der Waals surface area contributed by atoms with Gasteiger partial charge in [-0.2, -0.15) is 10.2 Å². The molecule has 0 bridgehead atoms. The molecule has 2 heterocycles. The Morgan fingerprint density at radius 3 is 2.79 bits per heavy atom. The molecule has 4 aromatic rings. The van der Waals surface area contributed by atoms with Gasteiger partial charge in [0, 0.05) is 23.6 Å². The first-order valence-corrected chi connectivity index (χ1v) is 10.8. The highest BCUT2D eigenvalue weighted by Crippen LogP contribution is 2.46. The number of fused-ring (bicyclic) bond motifs is 1. The molecule has 0 unspecified atom stereocenters. The topological polar surface area (TPSA) is 77.2 Å². The fourth-order valence-electron chi connectivity index (χ4n) is 4.14. The first-order valence-electron chi connectivity index (χ1n) is 10.8. The van der Waals surface area contributed by atoms with E-state index in [2.05, 4.69) is 20.1 Å². The third-order valence-electron chi connectivity index (χ3n) is 6.00. The molecule has 2 aromatic carbocycles. The number of nitrogens with zero attached hydrogens (tertiary/aromatic N) is 4. The molecule has 7 nitrogen and oxygen atoms in total. The fraction of sp³-hybridized carbons (Fsp3) is 0.280. The summed E-state index contributed by atoms with van der Waals surface area (Å²) in [6.45, 7) is 11.4. The lowest BCUT2D eigenvalue weighted by atomic mass is 9.96. The van der Waals surface area contributed by atoms with Gasteiger partial charge in [0.05, 0.1) is 35.6 Å². The zero-order valence-corrected chi connectivity index (χ0v) is 18.6. The minimum Gasteiger partial charge on any atom is -0.501 e. The van der Waals surface area contributed by atoms with E-state index < -0.39 is 5.82 Å². The van der Waals surface area contributed by atoms with Crippen molar-refractivity contribution in [3.05, 3.63) is 69.3 Å². The molecule has 8 heteroatoms. The van der Waals surface area contributed by atoms with Crippen LogP contribution in [-0.2, 0) is 13.5 Å². The van der Waals surface area contributed by atoms with E-state index in [0.717, 1.165) is 29.5 Å². The van der Waals surface area contributed by atoms with Gasteiger partial charge in [0.2, 0.25) is 5.69 Å². The van der Waals surface area contributed by atoms with Crippen LogP contribution in [0.2, 0.25) is 0 Å². The van der Waals surface area contributed by atoms with Crippen molar-refractivity contribution in [3.8, 4) is 28.1 Å². The highest BCUT2D eigenvalue weighted by molar-refractivity contribution is 5.94. The number of aryl methyl sites for hydroxylation is 3. The van der Waals surface area contributed by atoms with Crippen molar-refractivity contribution in [2.24, 2.45) is 7.05 Å². The van der Waals surface area contributed by atoms with E-state index in [1.165, 1.54) is 0 Å². The summed E-state index contributed by atoms with van der Waals surface area (Å²) in [5.74, 6) is -0.0711. The number of hydrogen-bond acceptors (Lipinski definition) is 4. The second kappa shape index (κ2) is 7.85. The quantitative estimate of drug-likeness (QED) is 0.436. The first-order chi connectivity index (χ1) is 15.9. The lowest BCUT2D eigenvalue weighted by Gasteiger charge is -2.16. The van der Waals surface area contributed by atoms with Crippen LogP contribution in [0, 0.1) is 19.3 Å². The summed E-state index contributed by atoms with van der Waals surface area (Å²) in [5, 5.41) is 12.4. The van der Waals surface area contributed by atoms with Crippen molar-refractivity contribution in [3.63, 3.8) is 0 Å². The van der Waals surface area contributed by atoms with Gasteiger partial charge in [-0.25, -0.2) is 14.3 Å². The van der Waals surface area contributed by atoms with E-state index >= 15 is 4.39 Å². The number of aromatic amines is 1. The van der Waals surface area contributed by atoms with Gasteiger partial charge >= 0.3 is 0 Å². The molecular weight excluding hydrogens is 421 g/mol. The van der Waals surface area contributed by atoms with E-state index in [0.29, 0.717) is 34.4 Å². The molecule has 1 fully saturated rings. The van der Waals surface area contributed by atoms with Gasteiger partial charge in [-0.1, -0.05) is 13.0 Å². The van der Waals surface area contributed by atoms with Crippen LogP contribution < -0.4 is 10.3 Å². The zero-order valence-electron chi connectivity index (χ0n) is 18.6. The van der Waals surface area contributed by atoms with Crippen LogP contribution in [-0.4, -0.2) is 26.1 Å². The van der Waals surface area contributed by atoms with Gasteiger partial charge in [-0.05, 0) is 55.5 Å². The average molecular weight is 443 g/mol. The van der Waals surface area contributed by atoms with E-state index in [1.807, 2.05) is 19.1 Å². The van der Waals surface area contributed by atoms with Gasteiger partial charge < -0.3 is 4.74 Å². The molecule has 1 aliphatic carbocycles. The number of nitrogens with one attached hydrogen (secondary N) is 1. The Morgan fingerprint density at radius 2 is 2.09 bits per heavy atom. The molecule has 1 saturated carbocycles. The maximum atomic E-state index is 15.6. The maximum absolute atomic E-state index is 15.6. The molecule has 1 N–H and O–H groups in total. The van der Waals surface area contributed by atoms with Gasteiger partial charge in [-0.15, -0.1) is 0 Å². The number of halogens is 1. The summed E-state index contributed by atoms with van der Waals surface area (Å²) in [6.07, 6.45) is 4.24. The Kier molecular flexibility index (Phi) is 4.97. The minimum absolute atomic E-state index is 0.0766. The molecule has 0 amide bonds. The van der Waals surface area contributed by atoms with Crippen molar-refractivity contribution >= 4 is 16.5 Å². The number of rotatable bonds is 5. The zero-order chi connectivity index (χ0) is 23.3. The second-order valence-electron chi connectivity index (χ2n) is 8.30. The van der Waals surface area contributed by atoms with Gasteiger partial charge in [0.1, 0.15) is 11.6 Å². The molecular formula is C25H22FN5O2. The van der Waals surface area contributed by atoms with Crippen LogP contribution in [0.15, 0.2) is 35.3 Å².